The van der Waals surface area contributed by atoms with Gasteiger partial charge in [0.1, 0.15) is 0 Å². The Labute approximate surface area is 277 Å². The zero-order valence-electron chi connectivity index (χ0n) is 23.2. The molecule has 18 heteroatoms. The predicted octanol–water partition coefficient (Wildman–Crippen LogP) is 7.89. The van der Waals surface area contributed by atoms with E-state index in [0.717, 1.165) is 18.2 Å². The van der Waals surface area contributed by atoms with Crippen molar-refractivity contribution in [2.45, 2.75) is 22.8 Å². The largest absolute Gasteiger partial charge is 3.00 e. The average molecular weight is 985 g/mol. The Balaban J connectivity index is 0.000000583. The van der Waals surface area contributed by atoms with Gasteiger partial charge in [-0.3, -0.25) is 26.3 Å². The molecule has 0 aliphatic carbocycles. The fourth-order valence-corrected chi connectivity index (χ4v) is 11.8. The third-order valence-corrected chi connectivity index (χ3v) is 11.9. The molecule has 0 atom stereocenters. The third kappa shape index (κ3) is 11.7. The molecule has 0 unspecified atom stereocenters. The molecule has 0 nitrogen and oxygen atoms in total. The monoisotopic (exact) mass is 985 g/mol. The van der Waals surface area contributed by atoms with Crippen LogP contribution in [-0.2, 0) is 22.4 Å². The second kappa shape index (κ2) is 19.5. The van der Waals surface area contributed by atoms with Gasteiger partial charge in [0.15, 0.2) is 0 Å². The van der Waals surface area contributed by atoms with Crippen molar-refractivity contribution < 1.29 is 88.2 Å². The molecule has 4 rings (SSSR count). The van der Waals surface area contributed by atoms with Crippen LogP contribution in [-0.4, -0.2) is 29.3 Å². The van der Waals surface area contributed by atoms with Gasteiger partial charge in [-0.25, -0.2) is 39.5 Å². The fourth-order valence-electron chi connectivity index (χ4n) is 2.77. The van der Waals surface area contributed by atoms with E-state index in [4.69, 9.17) is 0 Å². The van der Waals surface area contributed by atoms with E-state index >= 15 is 0 Å². The number of benzene rings is 4. The first kappa shape index (κ1) is 43.7. The fraction of sp³-hybridized carbons (Fsp3) is 0.143. The van der Waals surface area contributed by atoms with Gasteiger partial charge in [-0.15, -0.1) is 18.2 Å². The first-order chi connectivity index (χ1) is 20.7. The molecule has 46 heavy (non-hydrogen) atoms. The van der Waals surface area contributed by atoms with Crippen LogP contribution in [0.25, 0.3) is 0 Å². The summed E-state index contributed by atoms with van der Waals surface area (Å²) in [6.07, 6.45) is 0. The zero-order chi connectivity index (χ0) is 34.9. The van der Waals surface area contributed by atoms with Crippen molar-refractivity contribution in [2.24, 2.45) is 0 Å². The molecule has 0 aliphatic rings. The summed E-state index contributed by atoms with van der Waals surface area (Å²) in [6.45, 7) is 0. The van der Waals surface area contributed by atoms with Gasteiger partial charge in [0, 0.05) is 0 Å². The molecular weight excluding hydrogens is 968 g/mol. The molecule has 4 aromatic rings. The van der Waals surface area contributed by atoms with Crippen molar-refractivity contribution in [3.8, 4) is 0 Å². The SMILES string of the molecule is C[As](C)c1ccccc1[AsH](C)C.Fc1[c-]c(F)c(F)c(F)c1F.Fc1[c-]c(F)c(F)c(F)c1F.Fc1[c-]c(F)c(F)c(F)c1F.[Au+3]. The van der Waals surface area contributed by atoms with E-state index in [1.807, 2.05) is 0 Å². The van der Waals surface area contributed by atoms with Crippen LogP contribution in [0.15, 0.2) is 24.3 Å². The van der Waals surface area contributed by atoms with Crippen molar-refractivity contribution in [1.29, 1.82) is 0 Å². The maximum Gasteiger partial charge on any atom is 3.00 e. The van der Waals surface area contributed by atoms with Crippen molar-refractivity contribution in [3.63, 3.8) is 0 Å². The first-order valence-corrected chi connectivity index (χ1v) is 21.5. The Morgan fingerprint density at radius 2 is 0.674 bits per heavy atom. The molecule has 0 saturated carbocycles. The number of hydrogen-bond acceptors (Lipinski definition) is 0. The Bertz CT molecular complexity index is 1380. The van der Waals surface area contributed by atoms with E-state index < -0.39 is 117 Å². The number of hydrogen-bond donors (Lipinski definition) is 0. The van der Waals surface area contributed by atoms with Crippen LogP contribution in [0.5, 0.6) is 0 Å². The third-order valence-electron chi connectivity index (χ3n) is 4.90. The van der Waals surface area contributed by atoms with Crippen LogP contribution in [0, 0.1) is 105 Å². The van der Waals surface area contributed by atoms with Gasteiger partial charge < -0.3 is 0 Å². The van der Waals surface area contributed by atoms with Crippen molar-refractivity contribution in [3.05, 3.63) is 130 Å². The molecule has 0 bridgehead atoms. The zero-order valence-corrected chi connectivity index (χ0v) is 29.4. The van der Waals surface area contributed by atoms with Crippen LogP contribution in [0.1, 0.15) is 0 Å². The molecule has 4 aromatic carbocycles. The Morgan fingerprint density at radius 3 is 0.870 bits per heavy atom. The molecule has 0 N–H and O–H groups in total. The molecular formula is C28H17As2AuF15. The summed E-state index contributed by atoms with van der Waals surface area (Å²) in [7, 11) is 0. The molecule has 0 aromatic heterocycles. The molecule has 0 spiro atoms. The van der Waals surface area contributed by atoms with Gasteiger partial charge >= 0.3 is 107 Å². The summed E-state index contributed by atoms with van der Waals surface area (Å²) in [5, 5.41) is 0. The smallest absolute Gasteiger partial charge is 0.278 e. The number of halogens is 15. The molecule has 0 saturated heterocycles. The summed E-state index contributed by atoms with van der Waals surface area (Å²) in [5.41, 5.74) is 9.73. The van der Waals surface area contributed by atoms with Crippen molar-refractivity contribution in [2.75, 3.05) is 0 Å². The topological polar surface area (TPSA) is 0 Å². The molecule has 0 fully saturated rings. The van der Waals surface area contributed by atoms with Gasteiger partial charge in [-0.2, -0.15) is 0 Å². The predicted molar refractivity (Wildman–Crippen MR) is 137 cm³/mol. The molecule has 0 amide bonds. The van der Waals surface area contributed by atoms with E-state index in [2.05, 4.69) is 47.1 Å². The Kier molecular flexibility index (Phi) is 18.5. The van der Waals surface area contributed by atoms with Crippen LogP contribution >= 0.6 is 0 Å². The molecule has 255 valence electrons. The normalized spacial score (nSPS) is 10.3. The van der Waals surface area contributed by atoms with Crippen molar-refractivity contribution >= 4 is 38.0 Å². The summed E-state index contributed by atoms with van der Waals surface area (Å²) in [5.74, 6) is -30.1. The van der Waals surface area contributed by atoms with Crippen LogP contribution in [0.2, 0.25) is 22.8 Å². The summed E-state index contributed by atoms with van der Waals surface area (Å²) in [4.78, 5) is 0. The van der Waals surface area contributed by atoms with Crippen molar-refractivity contribution in [1.82, 2.24) is 0 Å². The van der Waals surface area contributed by atoms with Gasteiger partial charge in [0.25, 0.3) is 0 Å². The van der Waals surface area contributed by atoms with Gasteiger partial charge in [0.05, 0.1) is 87.3 Å². The maximum absolute atomic E-state index is 12.0. The van der Waals surface area contributed by atoms with E-state index in [1.54, 1.807) is 8.70 Å². The van der Waals surface area contributed by atoms with Gasteiger partial charge in [-0.05, 0) is 0 Å². The molecule has 1 radical (unpaired) electrons. The average Bonchev–Trinajstić information content (AvgIpc) is 2.99. The van der Waals surface area contributed by atoms with Gasteiger partial charge in [0.2, 0.25) is 0 Å². The van der Waals surface area contributed by atoms with E-state index in [0.29, 0.717) is 0 Å². The second-order valence-electron chi connectivity index (χ2n) is 8.50. The summed E-state index contributed by atoms with van der Waals surface area (Å²) in [6, 6.07) is 12.1. The van der Waals surface area contributed by atoms with Crippen LogP contribution in [0.3, 0.4) is 0 Å². The minimum absolute atomic E-state index is 0. The number of rotatable bonds is 2. The van der Waals surface area contributed by atoms with Gasteiger partial charge in [-0.1, -0.05) is 0 Å². The minimum Gasteiger partial charge on any atom is -0.278 e. The quantitative estimate of drug-likeness (QED) is 0.0631. The van der Waals surface area contributed by atoms with Crippen LogP contribution < -0.4 is 8.70 Å². The Morgan fingerprint density at radius 1 is 0.435 bits per heavy atom. The first-order valence-electron chi connectivity index (χ1n) is 11.5. The molecule has 0 aliphatic heterocycles. The summed E-state index contributed by atoms with van der Waals surface area (Å²) < 4.78 is 183. The second-order valence-corrected chi connectivity index (χ2v) is 18.6. The summed E-state index contributed by atoms with van der Waals surface area (Å²) >= 11 is -1.49. The minimum atomic E-state index is -2.17. The van der Waals surface area contributed by atoms with E-state index in [-0.39, 0.29) is 22.4 Å². The molecule has 0 heterocycles. The maximum atomic E-state index is 12.0. The van der Waals surface area contributed by atoms with E-state index in [1.165, 1.54) is 0 Å². The van der Waals surface area contributed by atoms with E-state index in [9.17, 15) is 65.9 Å². The Hall–Kier alpha value is -2.31. The standard InChI is InChI=1S/C10H17As2.3C6F5.Au/c1-11(2)9-7-5-6-8-10(9)12(3)4;3*7-2-1-3(8)5(10)6(11)4(2)9;/h5-8,11H,1-4H3;;;;/q;3*-1;+3. The van der Waals surface area contributed by atoms with Crippen LogP contribution in [0.4, 0.5) is 65.9 Å².